The van der Waals surface area contributed by atoms with Crippen LogP contribution in [0, 0.1) is 5.41 Å². The van der Waals surface area contributed by atoms with Crippen molar-refractivity contribution in [1.29, 1.82) is 0 Å². The first-order valence-electron chi connectivity index (χ1n) is 10.1. The van der Waals surface area contributed by atoms with E-state index in [0.717, 1.165) is 45.2 Å². The molecule has 0 aromatic carbocycles. The van der Waals surface area contributed by atoms with Crippen molar-refractivity contribution in [2.75, 3.05) is 24.6 Å². The molecule has 0 N–H and O–H groups in total. The summed E-state index contributed by atoms with van der Waals surface area (Å²) in [6, 6.07) is 1.54. The van der Waals surface area contributed by atoms with Crippen LogP contribution in [0.3, 0.4) is 0 Å². The quantitative estimate of drug-likeness (QED) is 0.751. The molecule has 4 rings (SSSR count). The topological polar surface area (TPSA) is 55.2 Å². The van der Waals surface area contributed by atoms with Crippen LogP contribution in [0.15, 0.2) is 6.07 Å². The molecule has 5 nitrogen and oxygen atoms in total. The number of hydrogen-bond acceptors (Lipinski definition) is 4. The minimum absolute atomic E-state index is 0.0342. The number of likely N-dealkylation sites (tertiary alicyclic amines) is 1. The SMILES string of the molecule is CC(C)n1nc(C(F)(F)F)cc1C1CCC(N2CCC3(C2)CS(=O)(=O)C3)CC1. The molecule has 28 heavy (non-hydrogen) atoms. The molecule has 0 atom stereocenters. The fraction of sp³-hybridized carbons (Fsp3) is 0.842. The summed E-state index contributed by atoms with van der Waals surface area (Å²) >= 11 is 0. The van der Waals surface area contributed by atoms with Crippen molar-refractivity contribution in [3.05, 3.63) is 17.5 Å². The predicted molar refractivity (Wildman–Crippen MR) is 99.9 cm³/mol. The third kappa shape index (κ3) is 3.72. The molecule has 1 saturated carbocycles. The van der Waals surface area contributed by atoms with Gasteiger partial charge in [-0.2, -0.15) is 18.3 Å². The highest BCUT2D eigenvalue weighted by atomic mass is 32.2. The average molecular weight is 420 g/mol. The first-order chi connectivity index (χ1) is 13.0. The van der Waals surface area contributed by atoms with Crippen molar-refractivity contribution in [3.8, 4) is 0 Å². The van der Waals surface area contributed by atoms with E-state index in [1.807, 2.05) is 13.8 Å². The number of halogens is 3. The molecule has 0 unspecified atom stereocenters. The highest BCUT2D eigenvalue weighted by Crippen LogP contribution is 2.45. The van der Waals surface area contributed by atoms with Gasteiger partial charge >= 0.3 is 6.18 Å². The zero-order valence-electron chi connectivity index (χ0n) is 16.4. The predicted octanol–water partition coefficient (Wildman–Crippen LogP) is 3.63. The Morgan fingerprint density at radius 1 is 1.18 bits per heavy atom. The molecule has 3 aliphatic rings. The van der Waals surface area contributed by atoms with Gasteiger partial charge in [0.1, 0.15) is 0 Å². The van der Waals surface area contributed by atoms with Crippen molar-refractivity contribution >= 4 is 9.84 Å². The fourth-order valence-corrected chi connectivity index (χ4v) is 7.66. The standard InChI is InChI=1S/C19H28F3N3O2S/c1-13(2)25-16(9-17(23-25)19(20,21)22)14-3-5-15(6-4-14)24-8-7-18(10-24)11-28(26,27)12-18/h9,13-15H,3-8,10-12H2,1-2H3. The summed E-state index contributed by atoms with van der Waals surface area (Å²) in [6.07, 6.45) is 0.112. The van der Waals surface area contributed by atoms with Crippen LogP contribution in [0.4, 0.5) is 13.2 Å². The summed E-state index contributed by atoms with van der Waals surface area (Å²) in [4.78, 5) is 2.42. The lowest BCUT2D eigenvalue weighted by molar-refractivity contribution is -0.141. The van der Waals surface area contributed by atoms with Crippen molar-refractivity contribution < 1.29 is 21.6 Å². The minimum Gasteiger partial charge on any atom is -0.300 e. The second-order valence-electron chi connectivity index (χ2n) is 9.25. The molecule has 1 spiro atoms. The van der Waals surface area contributed by atoms with Gasteiger partial charge in [-0.25, -0.2) is 8.42 Å². The van der Waals surface area contributed by atoms with Gasteiger partial charge in [0.15, 0.2) is 15.5 Å². The van der Waals surface area contributed by atoms with Crippen molar-refractivity contribution in [2.45, 2.75) is 70.1 Å². The van der Waals surface area contributed by atoms with E-state index in [-0.39, 0.29) is 17.4 Å². The van der Waals surface area contributed by atoms with Crippen molar-refractivity contribution in [3.63, 3.8) is 0 Å². The molecule has 0 bridgehead atoms. The summed E-state index contributed by atoms with van der Waals surface area (Å²) < 4.78 is 64.1. The Labute approximate surface area is 164 Å². The zero-order valence-corrected chi connectivity index (χ0v) is 17.2. The second-order valence-corrected chi connectivity index (χ2v) is 11.3. The minimum atomic E-state index is -4.42. The van der Waals surface area contributed by atoms with Gasteiger partial charge in [0, 0.05) is 35.7 Å². The lowest BCUT2D eigenvalue weighted by Gasteiger charge is -2.40. The molecule has 1 aromatic rings. The lowest BCUT2D eigenvalue weighted by atomic mass is 9.83. The Kier molecular flexibility index (Phi) is 4.85. The highest BCUT2D eigenvalue weighted by Gasteiger charge is 2.53. The van der Waals surface area contributed by atoms with Crippen LogP contribution in [0.5, 0.6) is 0 Å². The van der Waals surface area contributed by atoms with Crippen LogP contribution < -0.4 is 0 Å². The van der Waals surface area contributed by atoms with Crippen LogP contribution >= 0.6 is 0 Å². The molecule has 2 saturated heterocycles. The summed E-state index contributed by atoms with van der Waals surface area (Å²) in [6.45, 7) is 5.51. The molecule has 1 aromatic heterocycles. The second kappa shape index (κ2) is 6.72. The van der Waals surface area contributed by atoms with Gasteiger partial charge in [-0.3, -0.25) is 9.58 Å². The summed E-state index contributed by atoms with van der Waals surface area (Å²) in [5, 5.41) is 3.83. The Morgan fingerprint density at radius 3 is 2.36 bits per heavy atom. The van der Waals surface area contributed by atoms with Crippen LogP contribution in [0.25, 0.3) is 0 Å². The van der Waals surface area contributed by atoms with Gasteiger partial charge in [0.25, 0.3) is 0 Å². The molecule has 2 aliphatic heterocycles. The lowest BCUT2D eigenvalue weighted by Crippen LogP contribution is -2.51. The molecule has 0 amide bonds. The van der Waals surface area contributed by atoms with E-state index in [0.29, 0.717) is 23.2 Å². The number of hydrogen-bond donors (Lipinski definition) is 0. The molecule has 1 aliphatic carbocycles. The Balaban J connectivity index is 1.40. The van der Waals surface area contributed by atoms with Crippen LogP contribution in [-0.4, -0.2) is 53.7 Å². The molecular weight excluding hydrogens is 391 g/mol. The maximum Gasteiger partial charge on any atom is 0.435 e. The number of alkyl halides is 3. The van der Waals surface area contributed by atoms with E-state index in [1.54, 1.807) is 0 Å². The van der Waals surface area contributed by atoms with Crippen LogP contribution in [0.2, 0.25) is 0 Å². The largest absolute Gasteiger partial charge is 0.435 e. The van der Waals surface area contributed by atoms with Crippen LogP contribution in [-0.2, 0) is 16.0 Å². The van der Waals surface area contributed by atoms with Gasteiger partial charge in [-0.05, 0) is 58.6 Å². The summed E-state index contributed by atoms with van der Waals surface area (Å²) in [5.41, 5.74) is -0.136. The molecule has 0 radical (unpaired) electrons. The fourth-order valence-electron chi connectivity index (χ4n) is 5.41. The van der Waals surface area contributed by atoms with Gasteiger partial charge in [0.05, 0.1) is 11.5 Å². The maximum absolute atomic E-state index is 13.1. The van der Waals surface area contributed by atoms with Crippen molar-refractivity contribution in [2.24, 2.45) is 5.41 Å². The smallest absolute Gasteiger partial charge is 0.300 e. The van der Waals surface area contributed by atoms with E-state index >= 15 is 0 Å². The first kappa shape index (κ1) is 20.2. The van der Waals surface area contributed by atoms with Crippen LogP contribution in [0.1, 0.15) is 69.3 Å². The average Bonchev–Trinajstić information content (AvgIpc) is 3.18. The Morgan fingerprint density at radius 2 is 1.82 bits per heavy atom. The molecule has 3 heterocycles. The first-order valence-corrected chi connectivity index (χ1v) is 11.9. The monoisotopic (exact) mass is 419 g/mol. The number of nitrogens with zero attached hydrogens (tertiary/aromatic N) is 3. The molecular formula is C19H28F3N3O2S. The highest BCUT2D eigenvalue weighted by molar-refractivity contribution is 7.92. The number of rotatable bonds is 3. The van der Waals surface area contributed by atoms with E-state index in [4.69, 9.17) is 0 Å². The Hall–Kier alpha value is -1.09. The van der Waals surface area contributed by atoms with Gasteiger partial charge in [-0.15, -0.1) is 0 Å². The maximum atomic E-state index is 13.1. The normalized spacial score (nSPS) is 30.1. The van der Waals surface area contributed by atoms with E-state index in [1.165, 1.54) is 10.7 Å². The number of aromatic nitrogens is 2. The van der Waals surface area contributed by atoms with Gasteiger partial charge in [0.2, 0.25) is 0 Å². The van der Waals surface area contributed by atoms with E-state index < -0.39 is 21.7 Å². The molecule has 158 valence electrons. The summed E-state index contributed by atoms with van der Waals surface area (Å²) in [5.74, 6) is 0.738. The summed E-state index contributed by atoms with van der Waals surface area (Å²) in [7, 11) is -2.82. The van der Waals surface area contributed by atoms with Gasteiger partial charge in [-0.1, -0.05) is 0 Å². The van der Waals surface area contributed by atoms with E-state index in [9.17, 15) is 21.6 Å². The zero-order chi connectivity index (χ0) is 20.3. The number of sulfone groups is 1. The third-order valence-corrected chi connectivity index (χ3v) is 8.80. The molecule has 3 fully saturated rings. The van der Waals surface area contributed by atoms with Crippen molar-refractivity contribution in [1.82, 2.24) is 14.7 Å². The third-order valence-electron chi connectivity index (χ3n) is 6.70. The van der Waals surface area contributed by atoms with E-state index in [2.05, 4.69) is 10.00 Å². The Bertz CT molecular complexity index is 827. The molecule has 9 heteroatoms. The van der Waals surface area contributed by atoms with Gasteiger partial charge < -0.3 is 0 Å².